The first-order valence-electron chi connectivity index (χ1n) is 12.3. The number of pyridine rings is 1. The van der Waals surface area contributed by atoms with Gasteiger partial charge < -0.3 is 20.9 Å². The van der Waals surface area contributed by atoms with E-state index < -0.39 is 0 Å². The number of nitrogens with two attached hydrogens (primary N) is 1. The minimum absolute atomic E-state index is 0.173. The van der Waals surface area contributed by atoms with Crippen LogP contribution in [0.2, 0.25) is 0 Å². The lowest BCUT2D eigenvalue weighted by Crippen LogP contribution is -2.35. The number of hydrogen-bond donors (Lipinski definition) is 2. The van der Waals surface area contributed by atoms with E-state index in [9.17, 15) is 4.79 Å². The van der Waals surface area contributed by atoms with E-state index >= 15 is 0 Å². The summed E-state index contributed by atoms with van der Waals surface area (Å²) in [6.07, 6.45) is 14.6. The highest BCUT2D eigenvalue weighted by Crippen LogP contribution is 2.30. The van der Waals surface area contributed by atoms with Crippen LogP contribution in [0.1, 0.15) is 89.5 Å². The number of hydrogen-bond acceptors (Lipinski definition) is 5. The Morgan fingerprint density at radius 3 is 2.68 bits per heavy atom. The molecule has 1 atom stereocenters. The summed E-state index contributed by atoms with van der Waals surface area (Å²) >= 11 is 0. The van der Waals surface area contributed by atoms with E-state index in [1.807, 2.05) is 4.90 Å². The second kappa shape index (κ2) is 11.5. The van der Waals surface area contributed by atoms with E-state index in [0.29, 0.717) is 35.8 Å². The average molecular weight is 428 g/mol. The van der Waals surface area contributed by atoms with E-state index in [0.717, 1.165) is 50.5 Å². The van der Waals surface area contributed by atoms with Gasteiger partial charge in [0.25, 0.3) is 0 Å². The summed E-state index contributed by atoms with van der Waals surface area (Å²) in [5, 5.41) is 8.74. The van der Waals surface area contributed by atoms with Crippen LogP contribution in [0.3, 0.4) is 0 Å². The van der Waals surface area contributed by atoms with Crippen LogP contribution in [-0.2, 0) is 4.79 Å². The molecule has 0 spiro atoms. The molecular weight excluding hydrogens is 386 g/mol. The Balaban J connectivity index is 1.62. The Morgan fingerprint density at radius 1 is 1.16 bits per heavy atom. The minimum atomic E-state index is 0.173. The standard InChI is InChI=1S/C25H41N5O/c1-3-8-19-9-7-17-30(18-15-19)23(31)13-12-21(26)24-22(27)14-16-28-25(24)29(2)20-10-5-4-6-11-20/h14,16,19-20,26H,3-13,15,17-18H2,1-2H3,(H2,27,28). The van der Waals surface area contributed by atoms with Gasteiger partial charge in [-0.1, -0.05) is 39.0 Å². The molecule has 0 aromatic carbocycles. The summed E-state index contributed by atoms with van der Waals surface area (Å²) in [7, 11) is 2.07. The highest BCUT2D eigenvalue weighted by molar-refractivity contribution is 6.07. The van der Waals surface area contributed by atoms with Crippen LogP contribution >= 0.6 is 0 Å². The van der Waals surface area contributed by atoms with Crippen molar-refractivity contribution in [2.45, 2.75) is 90.0 Å². The molecule has 1 unspecified atom stereocenters. The first-order chi connectivity index (χ1) is 15.0. The fraction of sp³-hybridized carbons (Fsp3) is 0.720. The Bertz CT molecular complexity index is 743. The van der Waals surface area contributed by atoms with Gasteiger partial charge in [0.2, 0.25) is 5.91 Å². The summed E-state index contributed by atoms with van der Waals surface area (Å²) in [6, 6.07) is 2.22. The SMILES string of the molecule is CCCC1CCCN(C(=O)CCC(=N)c2c(N)ccnc2N(C)C2CCCCC2)CC1. The lowest BCUT2D eigenvalue weighted by Gasteiger charge is -2.33. The van der Waals surface area contributed by atoms with Crippen molar-refractivity contribution in [2.75, 3.05) is 30.8 Å². The summed E-state index contributed by atoms with van der Waals surface area (Å²) < 4.78 is 0. The van der Waals surface area contributed by atoms with Crippen molar-refractivity contribution in [3.63, 3.8) is 0 Å². The van der Waals surface area contributed by atoms with E-state index in [4.69, 9.17) is 11.1 Å². The normalized spacial score (nSPS) is 20.3. The second-order valence-electron chi connectivity index (χ2n) is 9.45. The van der Waals surface area contributed by atoms with E-state index in [1.54, 1.807) is 12.3 Å². The molecule has 3 N–H and O–H groups in total. The number of rotatable bonds is 8. The molecule has 2 heterocycles. The summed E-state index contributed by atoms with van der Waals surface area (Å²) in [5.41, 5.74) is 8.02. The molecule has 172 valence electrons. The van der Waals surface area contributed by atoms with Crippen molar-refractivity contribution in [2.24, 2.45) is 5.92 Å². The third-order valence-corrected chi connectivity index (χ3v) is 7.21. The molecule has 1 aromatic heterocycles. The number of carbonyl (C=O) groups excluding carboxylic acids is 1. The number of nitrogen functional groups attached to an aromatic ring is 1. The minimum Gasteiger partial charge on any atom is -0.398 e. The van der Waals surface area contributed by atoms with Gasteiger partial charge in [-0.05, 0) is 50.5 Å². The van der Waals surface area contributed by atoms with Crippen molar-refractivity contribution < 1.29 is 4.79 Å². The fourth-order valence-corrected chi connectivity index (χ4v) is 5.31. The molecule has 1 saturated carbocycles. The molecule has 6 nitrogen and oxygen atoms in total. The van der Waals surface area contributed by atoms with E-state index in [1.165, 1.54) is 38.5 Å². The number of amides is 1. The van der Waals surface area contributed by atoms with Gasteiger partial charge in [0.15, 0.2) is 0 Å². The second-order valence-corrected chi connectivity index (χ2v) is 9.45. The number of anilines is 2. The molecule has 6 heteroatoms. The Labute approximate surface area is 188 Å². The lowest BCUT2D eigenvalue weighted by molar-refractivity contribution is -0.131. The maximum absolute atomic E-state index is 12.9. The van der Waals surface area contributed by atoms with Crippen molar-refractivity contribution >= 4 is 23.1 Å². The molecule has 1 aliphatic heterocycles. The molecule has 1 saturated heterocycles. The van der Waals surface area contributed by atoms with Crippen LogP contribution in [0.25, 0.3) is 0 Å². The molecule has 0 bridgehead atoms. The van der Waals surface area contributed by atoms with Crippen LogP contribution < -0.4 is 10.6 Å². The zero-order chi connectivity index (χ0) is 22.2. The zero-order valence-electron chi connectivity index (χ0n) is 19.5. The Morgan fingerprint density at radius 2 is 1.94 bits per heavy atom. The molecule has 3 rings (SSSR count). The smallest absolute Gasteiger partial charge is 0.222 e. The molecule has 2 aliphatic rings. The zero-order valence-corrected chi connectivity index (χ0v) is 19.5. The van der Waals surface area contributed by atoms with Gasteiger partial charge in [-0.3, -0.25) is 4.79 Å². The third-order valence-electron chi connectivity index (χ3n) is 7.21. The molecule has 2 fully saturated rings. The monoisotopic (exact) mass is 427 g/mol. The molecule has 1 amide bonds. The Kier molecular flexibility index (Phi) is 8.73. The number of aromatic nitrogens is 1. The highest BCUT2D eigenvalue weighted by atomic mass is 16.2. The van der Waals surface area contributed by atoms with Gasteiger partial charge in [-0.2, -0.15) is 0 Å². The maximum atomic E-state index is 12.9. The first kappa shape index (κ1) is 23.6. The predicted molar refractivity (Wildman–Crippen MR) is 129 cm³/mol. The van der Waals surface area contributed by atoms with Crippen molar-refractivity contribution in [3.05, 3.63) is 17.8 Å². The summed E-state index contributed by atoms with van der Waals surface area (Å²) in [5.74, 6) is 1.72. The number of nitrogens with zero attached hydrogens (tertiary/aromatic N) is 3. The van der Waals surface area contributed by atoms with Crippen LogP contribution in [0, 0.1) is 11.3 Å². The Hall–Kier alpha value is -2.11. The molecule has 1 aromatic rings. The predicted octanol–water partition coefficient (Wildman–Crippen LogP) is 5.01. The average Bonchev–Trinajstić information content (AvgIpc) is 3.03. The lowest BCUT2D eigenvalue weighted by atomic mass is 9.94. The van der Waals surface area contributed by atoms with Gasteiger partial charge >= 0.3 is 0 Å². The van der Waals surface area contributed by atoms with Crippen LogP contribution in [0.15, 0.2) is 12.3 Å². The van der Waals surface area contributed by atoms with Crippen molar-refractivity contribution in [1.82, 2.24) is 9.88 Å². The van der Waals surface area contributed by atoms with Gasteiger partial charge in [-0.15, -0.1) is 0 Å². The largest absolute Gasteiger partial charge is 0.398 e. The van der Waals surface area contributed by atoms with Crippen molar-refractivity contribution in [1.29, 1.82) is 5.41 Å². The fourth-order valence-electron chi connectivity index (χ4n) is 5.31. The third kappa shape index (κ3) is 6.20. The van der Waals surface area contributed by atoms with Gasteiger partial charge in [0.1, 0.15) is 5.82 Å². The van der Waals surface area contributed by atoms with Crippen molar-refractivity contribution in [3.8, 4) is 0 Å². The first-order valence-corrected chi connectivity index (χ1v) is 12.3. The maximum Gasteiger partial charge on any atom is 0.222 e. The molecular formula is C25H41N5O. The summed E-state index contributed by atoms with van der Waals surface area (Å²) in [4.78, 5) is 21.7. The van der Waals surface area contributed by atoms with Crippen LogP contribution in [-0.4, -0.2) is 47.7 Å². The number of nitrogens with one attached hydrogen (secondary N) is 1. The van der Waals surface area contributed by atoms with Gasteiger partial charge in [0, 0.05) is 50.2 Å². The number of carbonyl (C=O) groups is 1. The molecule has 1 aliphatic carbocycles. The topological polar surface area (TPSA) is 86.3 Å². The van der Waals surface area contributed by atoms with E-state index in [2.05, 4.69) is 23.9 Å². The van der Waals surface area contributed by atoms with Gasteiger partial charge in [0.05, 0.1) is 5.56 Å². The number of likely N-dealkylation sites (tertiary alicyclic amines) is 1. The molecule has 31 heavy (non-hydrogen) atoms. The quantitative estimate of drug-likeness (QED) is 0.571. The highest BCUT2D eigenvalue weighted by Gasteiger charge is 2.25. The van der Waals surface area contributed by atoms with Crippen LogP contribution in [0.4, 0.5) is 11.5 Å². The summed E-state index contributed by atoms with van der Waals surface area (Å²) in [6.45, 7) is 3.96. The van der Waals surface area contributed by atoms with Crippen LogP contribution in [0.5, 0.6) is 0 Å². The molecule has 0 radical (unpaired) electrons. The van der Waals surface area contributed by atoms with Gasteiger partial charge in [-0.25, -0.2) is 4.98 Å². The van der Waals surface area contributed by atoms with E-state index in [-0.39, 0.29) is 5.91 Å².